The van der Waals surface area contributed by atoms with Crippen molar-refractivity contribution in [2.24, 2.45) is 5.92 Å². The lowest BCUT2D eigenvalue weighted by Crippen LogP contribution is -2.55. The molecule has 0 aromatic rings. The van der Waals surface area contributed by atoms with Gasteiger partial charge in [0.1, 0.15) is 12.1 Å². The van der Waals surface area contributed by atoms with Gasteiger partial charge >= 0.3 is 0 Å². The zero-order chi connectivity index (χ0) is 16.9. The third-order valence-electron chi connectivity index (χ3n) is 5.47. The van der Waals surface area contributed by atoms with E-state index in [1.54, 1.807) is 4.90 Å². The number of hydrogen-bond acceptors (Lipinski definition) is 4. The molecule has 0 aromatic heterocycles. The number of rotatable bonds is 5. The van der Waals surface area contributed by atoms with E-state index < -0.39 is 0 Å². The van der Waals surface area contributed by atoms with Crippen molar-refractivity contribution in [3.8, 4) is 0 Å². The number of hydrogen-bond donors (Lipinski definition) is 0. The zero-order valence-electron chi connectivity index (χ0n) is 14.7. The Balaban J connectivity index is 1.65. The van der Waals surface area contributed by atoms with E-state index in [0.29, 0.717) is 25.6 Å². The van der Waals surface area contributed by atoms with Crippen molar-refractivity contribution in [2.45, 2.75) is 57.6 Å². The summed E-state index contributed by atoms with van der Waals surface area (Å²) in [7, 11) is 0. The first kappa shape index (κ1) is 17.7. The Kier molecular flexibility index (Phi) is 6.11. The van der Waals surface area contributed by atoms with Crippen LogP contribution in [0.5, 0.6) is 0 Å². The first-order valence-corrected chi connectivity index (χ1v) is 9.49. The molecule has 0 N–H and O–H groups in total. The Hall–Kier alpha value is -1.14. The summed E-state index contributed by atoms with van der Waals surface area (Å²) in [6, 6.07) is -0.308. The number of carbonyl (C=O) groups excluding carboxylic acids is 2. The number of likely N-dealkylation sites (tertiary alicyclic amines) is 1. The molecule has 3 saturated heterocycles. The van der Waals surface area contributed by atoms with Crippen molar-refractivity contribution < 1.29 is 19.1 Å². The third kappa shape index (κ3) is 3.91. The predicted octanol–water partition coefficient (Wildman–Crippen LogP) is 1.43. The first-order valence-electron chi connectivity index (χ1n) is 9.49. The largest absolute Gasteiger partial charge is 0.381 e. The van der Waals surface area contributed by atoms with Crippen LogP contribution in [-0.2, 0) is 19.1 Å². The Bertz CT molecular complexity index is 444. The molecule has 0 aliphatic carbocycles. The molecule has 3 atom stereocenters. The summed E-state index contributed by atoms with van der Waals surface area (Å²) >= 11 is 0. The highest BCUT2D eigenvalue weighted by Gasteiger charge is 2.38. The molecule has 0 radical (unpaired) electrons. The fraction of sp³-hybridized carbons (Fsp3) is 0.889. The molecule has 3 heterocycles. The zero-order valence-corrected chi connectivity index (χ0v) is 14.7. The molecule has 0 saturated carbocycles. The average molecular weight is 338 g/mol. The normalized spacial score (nSPS) is 30.5. The molecule has 0 spiro atoms. The van der Waals surface area contributed by atoms with E-state index in [0.717, 1.165) is 58.3 Å². The molecule has 3 fully saturated rings. The van der Waals surface area contributed by atoms with E-state index in [9.17, 15) is 9.59 Å². The molecule has 3 aliphatic rings. The number of nitrogens with zero attached hydrogens (tertiary/aromatic N) is 2. The number of amides is 2. The number of piperidine rings is 1. The lowest BCUT2D eigenvalue weighted by Gasteiger charge is -2.39. The van der Waals surface area contributed by atoms with E-state index >= 15 is 0 Å². The van der Waals surface area contributed by atoms with Gasteiger partial charge in [0.05, 0.1) is 6.61 Å². The SMILES string of the molecule is CCN(C[C@@H]1CCOC1)C(=O)[C@@H]1CCCCN1C(=O)[C@@H]1CCCO1. The minimum atomic E-state index is -0.336. The molecule has 6 nitrogen and oxygen atoms in total. The minimum absolute atomic E-state index is 0.0193. The topological polar surface area (TPSA) is 59.1 Å². The molecule has 24 heavy (non-hydrogen) atoms. The van der Waals surface area contributed by atoms with Crippen LogP contribution in [0.15, 0.2) is 0 Å². The first-order chi connectivity index (χ1) is 11.7. The van der Waals surface area contributed by atoms with Crippen molar-refractivity contribution in [2.75, 3.05) is 39.5 Å². The van der Waals surface area contributed by atoms with Gasteiger partial charge in [-0.25, -0.2) is 0 Å². The van der Waals surface area contributed by atoms with Gasteiger partial charge in [0.25, 0.3) is 5.91 Å². The lowest BCUT2D eigenvalue weighted by molar-refractivity contribution is -0.153. The van der Waals surface area contributed by atoms with Crippen LogP contribution in [0.2, 0.25) is 0 Å². The second-order valence-electron chi connectivity index (χ2n) is 7.15. The van der Waals surface area contributed by atoms with E-state index in [2.05, 4.69) is 0 Å². The Morgan fingerprint density at radius 2 is 2.00 bits per heavy atom. The van der Waals surface area contributed by atoms with Gasteiger partial charge in [0, 0.05) is 38.8 Å². The summed E-state index contributed by atoms with van der Waals surface area (Å²) in [4.78, 5) is 29.6. The van der Waals surface area contributed by atoms with Crippen LogP contribution in [0.3, 0.4) is 0 Å². The van der Waals surface area contributed by atoms with Crippen molar-refractivity contribution in [3.63, 3.8) is 0 Å². The van der Waals surface area contributed by atoms with Crippen molar-refractivity contribution >= 4 is 11.8 Å². The van der Waals surface area contributed by atoms with Crippen LogP contribution in [0, 0.1) is 5.92 Å². The second-order valence-corrected chi connectivity index (χ2v) is 7.15. The quantitative estimate of drug-likeness (QED) is 0.761. The Morgan fingerprint density at radius 3 is 2.67 bits per heavy atom. The maximum Gasteiger partial charge on any atom is 0.252 e. The van der Waals surface area contributed by atoms with Crippen molar-refractivity contribution in [3.05, 3.63) is 0 Å². The Morgan fingerprint density at radius 1 is 1.12 bits per heavy atom. The van der Waals surface area contributed by atoms with Crippen LogP contribution in [0.25, 0.3) is 0 Å². The fourth-order valence-corrected chi connectivity index (χ4v) is 4.03. The van der Waals surface area contributed by atoms with E-state index in [1.807, 2.05) is 11.8 Å². The summed E-state index contributed by atoms with van der Waals surface area (Å²) in [5, 5.41) is 0. The molecular weight excluding hydrogens is 308 g/mol. The van der Waals surface area contributed by atoms with E-state index in [4.69, 9.17) is 9.47 Å². The fourth-order valence-electron chi connectivity index (χ4n) is 4.03. The van der Waals surface area contributed by atoms with Crippen molar-refractivity contribution in [1.29, 1.82) is 0 Å². The highest BCUT2D eigenvalue weighted by Crippen LogP contribution is 2.24. The molecule has 0 aromatic carbocycles. The van der Waals surface area contributed by atoms with Crippen LogP contribution >= 0.6 is 0 Å². The van der Waals surface area contributed by atoms with Gasteiger partial charge in [-0.1, -0.05) is 0 Å². The number of ether oxygens (including phenoxy) is 2. The molecule has 2 amide bonds. The van der Waals surface area contributed by atoms with Gasteiger partial charge in [-0.05, 0) is 45.4 Å². The smallest absolute Gasteiger partial charge is 0.252 e. The lowest BCUT2D eigenvalue weighted by atomic mass is 9.98. The Labute approximate surface area is 144 Å². The second kappa shape index (κ2) is 8.30. The minimum Gasteiger partial charge on any atom is -0.381 e. The molecule has 136 valence electrons. The van der Waals surface area contributed by atoms with Gasteiger partial charge in [0.15, 0.2) is 0 Å². The molecule has 3 rings (SSSR count). The summed E-state index contributed by atoms with van der Waals surface area (Å²) in [6.45, 7) is 6.33. The van der Waals surface area contributed by atoms with E-state index in [1.165, 1.54) is 0 Å². The van der Waals surface area contributed by atoms with Gasteiger partial charge in [-0.2, -0.15) is 0 Å². The number of likely N-dealkylation sites (N-methyl/N-ethyl adjacent to an activating group) is 1. The maximum absolute atomic E-state index is 13.1. The summed E-state index contributed by atoms with van der Waals surface area (Å²) in [5.74, 6) is 0.557. The third-order valence-corrected chi connectivity index (χ3v) is 5.47. The van der Waals surface area contributed by atoms with Gasteiger partial charge in [-0.3, -0.25) is 9.59 Å². The molecular formula is C18H30N2O4. The highest BCUT2D eigenvalue weighted by molar-refractivity contribution is 5.89. The summed E-state index contributed by atoms with van der Waals surface area (Å²) in [5.41, 5.74) is 0. The monoisotopic (exact) mass is 338 g/mol. The van der Waals surface area contributed by atoms with Gasteiger partial charge < -0.3 is 19.3 Å². The van der Waals surface area contributed by atoms with Crippen LogP contribution in [0.4, 0.5) is 0 Å². The molecule has 3 aliphatic heterocycles. The van der Waals surface area contributed by atoms with Crippen LogP contribution in [-0.4, -0.2) is 73.2 Å². The van der Waals surface area contributed by atoms with Gasteiger partial charge in [0.2, 0.25) is 5.91 Å². The predicted molar refractivity (Wildman–Crippen MR) is 89.5 cm³/mol. The summed E-state index contributed by atoms with van der Waals surface area (Å²) < 4.78 is 11.0. The van der Waals surface area contributed by atoms with Crippen molar-refractivity contribution in [1.82, 2.24) is 9.80 Å². The summed E-state index contributed by atoms with van der Waals surface area (Å²) in [6.07, 6.45) is 5.16. The number of carbonyl (C=O) groups is 2. The molecule has 0 unspecified atom stereocenters. The standard InChI is InChI=1S/C18H30N2O4/c1-2-19(12-14-8-11-23-13-14)17(21)15-6-3-4-9-20(15)18(22)16-7-5-10-24-16/h14-16H,2-13H2,1H3/t14-,15-,16-/m0/s1. The van der Waals surface area contributed by atoms with Crippen LogP contribution in [0.1, 0.15) is 45.4 Å². The molecule has 6 heteroatoms. The van der Waals surface area contributed by atoms with Gasteiger partial charge in [-0.15, -0.1) is 0 Å². The molecule has 0 bridgehead atoms. The van der Waals surface area contributed by atoms with Crippen LogP contribution < -0.4 is 0 Å². The highest BCUT2D eigenvalue weighted by atomic mass is 16.5. The average Bonchev–Trinajstić information content (AvgIpc) is 3.32. The maximum atomic E-state index is 13.1. The van der Waals surface area contributed by atoms with E-state index in [-0.39, 0.29) is 24.0 Å².